The highest BCUT2D eigenvalue weighted by Gasteiger charge is 2.37. The summed E-state index contributed by atoms with van der Waals surface area (Å²) in [5, 5.41) is 8.83. The van der Waals surface area contributed by atoms with Gasteiger partial charge in [0.05, 0.1) is 12.3 Å². The molecule has 1 heterocycles. The van der Waals surface area contributed by atoms with Gasteiger partial charge in [0.2, 0.25) is 11.8 Å². The molecule has 0 radical (unpaired) electrons. The number of rotatable bonds is 3. The van der Waals surface area contributed by atoms with Gasteiger partial charge in [-0.2, -0.15) is 0 Å². The smallest absolute Gasteiger partial charge is 0.308 e. The summed E-state index contributed by atoms with van der Waals surface area (Å²) in [5.74, 6) is -2.53. The number of benzene rings is 1. The van der Waals surface area contributed by atoms with Crippen molar-refractivity contribution in [1.82, 2.24) is 4.90 Å². The van der Waals surface area contributed by atoms with Gasteiger partial charge < -0.3 is 5.11 Å². The van der Waals surface area contributed by atoms with Crippen LogP contribution in [0.1, 0.15) is 12.0 Å². The number of carboxylic acid groups (broad SMARTS) is 1. The number of likely N-dealkylation sites (tertiary alicyclic amines) is 1. The van der Waals surface area contributed by atoms with Gasteiger partial charge in [0.25, 0.3) is 0 Å². The van der Waals surface area contributed by atoms with Crippen LogP contribution >= 0.6 is 0 Å². The average Bonchev–Trinajstić information content (AvgIpc) is 2.73. The second-order valence-electron chi connectivity index (χ2n) is 4.30. The highest BCUT2D eigenvalue weighted by molar-refractivity contribution is 5.99. The molecule has 94 valence electrons. The molecule has 1 aromatic rings. The first-order chi connectivity index (χ1) is 8.58. The Morgan fingerprint density at radius 2 is 1.94 bits per heavy atom. The Balaban J connectivity index is 2.02. The molecule has 2 amide bonds. The minimum Gasteiger partial charge on any atom is -0.481 e. The Hall–Kier alpha value is -2.17. The molecular formula is C13H13NO4. The van der Waals surface area contributed by atoms with Gasteiger partial charge in [-0.1, -0.05) is 30.3 Å². The Bertz CT molecular complexity index is 483. The molecule has 2 rings (SSSR count). The zero-order valence-corrected chi connectivity index (χ0v) is 9.70. The number of aliphatic carboxylic acids is 1. The van der Waals surface area contributed by atoms with E-state index in [1.807, 2.05) is 18.2 Å². The van der Waals surface area contributed by atoms with Crippen LogP contribution in [0, 0.1) is 5.92 Å². The van der Waals surface area contributed by atoms with E-state index in [0.29, 0.717) is 0 Å². The van der Waals surface area contributed by atoms with Crippen LogP contribution in [0.25, 0.3) is 0 Å². The van der Waals surface area contributed by atoms with Crippen LogP contribution in [0.3, 0.4) is 0 Å². The van der Waals surface area contributed by atoms with E-state index >= 15 is 0 Å². The summed E-state index contributed by atoms with van der Waals surface area (Å²) in [7, 11) is 0. The average molecular weight is 247 g/mol. The molecule has 5 nitrogen and oxygen atoms in total. The Labute approximate surface area is 104 Å². The van der Waals surface area contributed by atoms with Crippen molar-refractivity contribution in [3.63, 3.8) is 0 Å². The van der Waals surface area contributed by atoms with Gasteiger partial charge in [-0.15, -0.1) is 0 Å². The number of carbonyl (C=O) groups excluding carboxylic acids is 2. The summed E-state index contributed by atoms with van der Waals surface area (Å²) in [4.78, 5) is 35.3. The number of carbonyl (C=O) groups is 3. The maximum Gasteiger partial charge on any atom is 0.308 e. The zero-order chi connectivity index (χ0) is 13.1. The third-order valence-corrected chi connectivity index (χ3v) is 2.97. The lowest BCUT2D eigenvalue weighted by Gasteiger charge is -2.13. The van der Waals surface area contributed by atoms with Crippen LogP contribution in [0.15, 0.2) is 30.3 Å². The molecule has 0 bridgehead atoms. The number of hydrogen-bond acceptors (Lipinski definition) is 3. The fourth-order valence-corrected chi connectivity index (χ4v) is 1.98. The van der Waals surface area contributed by atoms with Gasteiger partial charge in [-0.05, 0) is 5.56 Å². The van der Waals surface area contributed by atoms with Crippen molar-refractivity contribution in [2.75, 3.05) is 6.54 Å². The number of hydrogen-bond donors (Lipinski definition) is 1. The number of amides is 2. The van der Waals surface area contributed by atoms with E-state index < -0.39 is 17.8 Å². The molecule has 0 spiro atoms. The SMILES string of the molecule is O=C(O)C1CC(=O)N(C(=O)Cc2ccccc2)C1. The molecule has 1 aliphatic rings. The lowest BCUT2D eigenvalue weighted by Crippen LogP contribution is -2.34. The molecular weight excluding hydrogens is 234 g/mol. The van der Waals surface area contributed by atoms with Crippen molar-refractivity contribution in [2.45, 2.75) is 12.8 Å². The van der Waals surface area contributed by atoms with Gasteiger partial charge in [-0.25, -0.2) is 0 Å². The summed E-state index contributed by atoms with van der Waals surface area (Å²) < 4.78 is 0. The van der Waals surface area contributed by atoms with Crippen molar-refractivity contribution >= 4 is 17.8 Å². The van der Waals surface area contributed by atoms with Crippen molar-refractivity contribution in [2.24, 2.45) is 5.92 Å². The molecule has 18 heavy (non-hydrogen) atoms. The van der Waals surface area contributed by atoms with Gasteiger partial charge in [0, 0.05) is 13.0 Å². The van der Waals surface area contributed by atoms with Crippen molar-refractivity contribution in [1.29, 1.82) is 0 Å². The molecule has 1 N–H and O–H groups in total. The molecule has 0 aliphatic carbocycles. The van der Waals surface area contributed by atoms with Gasteiger partial charge >= 0.3 is 5.97 Å². The first kappa shape index (κ1) is 12.3. The highest BCUT2D eigenvalue weighted by atomic mass is 16.4. The summed E-state index contributed by atoms with van der Waals surface area (Å²) >= 11 is 0. The Morgan fingerprint density at radius 3 is 2.50 bits per heavy atom. The maximum absolute atomic E-state index is 11.9. The van der Waals surface area contributed by atoms with E-state index in [-0.39, 0.29) is 25.3 Å². The molecule has 0 saturated carbocycles. The molecule has 1 fully saturated rings. The standard InChI is InChI=1S/C13H13NO4/c15-11(6-9-4-2-1-3-5-9)14-8-10(13(17)18)7-12(14)16/h1-5,10H,6-8H2,(H,17,18). The monoisotopic (exact) mass is 247 g/mol. The predicted molar refractivity (Wildman–Crippen MR) is 62.6 cm³/mol. The summed E-state index contributed by atoms with van der Waals surface area (Å²) in [6.45, 7) is -0.0141. The van der Waals surface area contributed by atoms with E-state index in [1.165, 1.54) is 0 Å². The highest BCUT2D eigenvalue weighted by Crippen LogP contribution is 2.19. The second-order valence-corrected chi connectivity index (χ2v) is 4.30. The van der Waals surface area contributed by atoms with E-state index in [4.69, 9.17) is 5.11 Å². The normalized spacial score (nSPS) is 19.0. The predicted octanol–water partition coefficient (Wildman–Crippen LogP) is 0.689. The second kappa shape index (κ2) is 5.00. The fourth-order valence-electron chi connectivity index (χ4n) is 1.98. The Kier molecular flexibility index (Phi) is 3.41. The lowest BCUT2D eigenvalue weighted by molar-refractivity contribution is -0.141. The van der Waals surface area contributed by atoms with Crippen LogP contribution in [0.2, 0.25) is 0 Å². The van der Waals surface area contributed by atoms with E-state index in [1.54, 1.807) is 12.1 Å². The largest absolute Gasteiger partial charge is 0.481 e. The summed E-state index contributed by atoms with van der Waals surface area (Å²) in [6, 6.07) is 9.07. The van der Waals surface area contributed by atoms with Crippen LogP contribution in [-0.4, -0.2) is 34.3 Å². The molecule has 1 aliphatic heterocycles. The van der Waals surface area contributed by atoms with E-state index in [9.17, 15) is 14.4 Å². The summed E-state index contributed by atoms with van der Waals surface area (Å²) in [5.41, 5.74) is 0.814. The number of nitrogens with zero attached hydrogens (tertiary/aromatic N) is 1. The minimum atomic E-state index is -1.03. The molecule has 5 heteroatoms. The quantitative estimate of drug-likeness (QED) is 0.852. The topological polar surface area (TPSA) is 74.7 Å². The van der Waals surface area contributed by atoms with Crippen LogP contribution in [-0.2, 0) is 20.8 Å². The molecule has 1 atom stereocenters. The number of imide groups is 1. The molecule has 0 aromatic heterocycles. The third kappa shape index (κ3) is 2.56. The molecule has 1 aromatic carbocycles. The van der Waals surface area contributed by atoms with Crippen LogP contribution < -0.4 is 0 Å². The summed E-state index contributed by atoms with van der Waals surface area (Å²) in [6.07, 6.45) is 0.0365. The van der Waals surface area contributed by atoms with Crippen molar-refractivity contribution < 1.29 is 19.5 Å². The first-order valence-electron chi connectivity index (χ1n) is 5.68. The Morgan fingerprint density at radius 1 is 1.28 bits per heavy atom. The lowest BCUT2D eigenvalue weighted by atomic mass is 10.1. The molecule has 1 saturated heterocycles. The van der Waals surface area contributed by atoms with Gasteiger partial charge in [0.15, 0.2) is 0 Å². The fraction of sp³-hybridized carbons (Fsp3) is 0.308. The zero-order valence-electron chi connectivity index (χ0n) is 9.70. The van der Waals surface area contributed by atoms with Gasteiger partial charge in [-0.3, -0.25) is 19.3 Å². The first-order valence-corrected chi connectivity index (χ1v) is 5.68. The van der Waals surface area contributed by atoms with E-state index in [0.717, 1.165) is 10.5 Å². The van der Waals surface area contributed by atoms with Crippen molar-refractivity contribution in [3.05, 3.63) is 35.9 Å². The van der Waals surface area contributed by atoms with E-state index in [2.05, 4.69) is 0 Å². The minimum absolute atomic E-state index is 0.0141. The molecule has 1 unspecified atom stereocenters. The maximum atomic E-state index is 11.9. The van der Waals surface area contributed by atoms with Crippen molar-refractivity contribution in [3.8, 4) is 0 Å². The van der Waals surface area contributed by atoms with Crippen LogP contribution in [0.4, 0.5) is 0 Å². The number of carboxylic acids is 1. The van der Waals surface area contributed by atoms with Crippen LogP contribution in [0.5, 0.6) is 0 Å². The van der Waals surface area contributed by atoms with Gasteiger partial charge in [0.1, 0.15) is 0 Å². The third-order valence-electron chi connectivity index (χ3n) is 2.97.